The van der Waals surface area contributed by atoms with E-state index in [-0.39, 0.29) is 52.9 Å². The zero-order valence-corrected chi connectivity index (χ0v) is 22.4. The van der Waals surface area contributed by atoms with E-state index in [2.05, 4.69) is 13.8 Å². The molecule has 3 saturated carbocycles. The summed E-state index contributed by atoms with van der Waals surface area (Å²) >= 11 is 0. The fraction of sp³-hybridized carbons (Fsp3) is 0.828. The van der Waals surface area contributed by atoms with Crippen molar-refractivity contribution in [3.8, 4) is 0 Å². The van der Waals surface area contributed by atoms with E-state index in [9.17, 15) is 19.5 Å². The first-order valence-electron chi connectivity index (χ1n) is 14.2. The lowest BCUT2D eigenvalue weighted by Gasteiger charge is -2.62. The zero-order chi connectivity index (χ0) is 26.5. The molecule has 1 heterocycles. The molecule has 1 saturated heterocycles. The van der Waals surface area contributed by atoms with Gasteiger partial charge in [0, 0.05) is 30.7 Å². The smallest absolute Gasteiger partial charge is 0.307 e. The van der Waals surface area contributed by atoms with Crippen LogP contribution in [0.25, 0.3) is 0 Å². The Labute approximate surface area is 219 Å². The molecule has 0 amide bonds. The minimum Gasteiger partial charge on any atom is -0.481 e. The van der Waals surface area contributed by atoms with E-state index in [1.165, 1.54) is 6.92 Å². The van der Waals surface area contributed by atoms with E-state index in [1.807, 2.05) is 6.08 Å². The van der Waals surface area contributed by atoms with Crippen LogP contribution in [-0.2, 0) is 28.6 Å². The number of hydrogen-bond donors (Lipinski definition) is 2. The summed E-state index contributed by atoms with van der Waals surface area (Å²) in [4.78, 5) is 38.4. The Kier molecular flexibility index (Phi) is 7.55. The number of allylic oxidation sites excluding steroid dienone is 1. The van der Waals surface area contributed by atoms with Crippen molar-refractivity contribution in [1.29, 1.82) is 0 Å². The Morgan fingerprint density at radius 1 is 1.22 bits per heavy atom. The third-order valence-corrected chi connectivity index (χ3v) is 10.2. The van der Waals surface area contributed by atoms with Crippen LogP contribution in [0.5, 0.6) is 0 Å². The van der Waals surface area contributed by atoms with Crippen LogP contribution in [0.4, 0.5) is 0 Å². The molecule has 5 aliphatic rings. The Bertz CT molecular complexity index is 947. The Morgan fingerprint density at radius 3 is 2.68 bits per heavy atom. The van der Waals surface area contributed by atoms with Crippen LogP contribution >= 0.6 is 0 Å². The molecule has 8 nitrogen and oxygen atoms in total. The van der Waals surface area contributed by atoms with Crippen molar-refractivity contribution in [3.63, 3.8) is 0 Å². The third kappa shape index (κ3) is 4.57. The maximum Gasteiger partial charge on any atom is 0.307 e. The summed E-state index contributed by atoms with van der Waals surface area (Å²) in [6.45, 7) is 7.49. The standard InChI is InChI=1S/C29H43NO7/c1-15(2)10-17-4-5-19-18-6-7-21-20-13-35-14-29(21,12-24(37-16(3)31)27(20)36-9-8-30)22(18)11-23(32)26(19)25(17)28(33)34/h11,15,17-21,24-27H,4-10,12-14,30H2,1-3H3,(H,33,34)/t17?,18?,19?,20?,21?,24-,25?,26?,27-,29+/m1/s1. The van der Waals surface area contributed by atoms with Crippen LogP contribution in [0.2, 0.25) is 0 Å². The van der Waals surface area contributed by atoms with Crippen molar-refractivity contribution in [2.75, 3.05) is 26.4 Å². The average Bonchev–Trinajstić information content (AvgIpc) is 2.82. The number of rotatable bonds is 7. The van der Waals surface area contributed by atoms with E-state index in [1.54, 1.807) is 0 Å². The van der Waals surface area contributed by atoms with Gasteiger partial charge in [0.05, 0.1) is 31.8 Å². The SMILES string of the molecule is CC(=O)O[C@@H]1C[C@]23COCC(C2CCC2C3=CC(=O)C3C2CCC(CC(C)C)C3C(=O)O)[C@H]1OCCN. The quantitative estimate of drug-likeness (QED) is 0.493. The largest absolute Gasteiger partial charge is 0.481 e. The van der Waals surface area contributed by atoms with Crippen molar-refractivity contribution in [2.24, 2.45) is 58.5 Å². The molecular formula is C29H43NO7. The summed E-state index contributed by atoms with van der Waals surface area (Å²) in [7, 11) is 0. The Balaban J connectivity index is 1.51. The third-order valence-electron chi connectivity index (χ3n) is 10.2. The lowest BCUT2D eigenvalue weighted by atomic mass is 9.45. The van der Waals surface area contributed by atoms with Crippen molar-refractivity contribution < 1.29 is 33.7 Å². The number of nitrogens with two attached hydrogens (primary N) is 1. The van der Waals surface area contributed by atoms with Crippen LogP contribution < -0.4 is 5.73 Å². The molecule has 0 aromatic heterocycles. The first-order valence-corrected chi connectivity index (χ1v) is 14.2. The molecule has 10 atom stereocenters. The van der Waals surface area contributed by atoms with Crippen molar-refractivity contribution in [3.05, 3.63) is 11.6 Å². The van der Waals surface area contributed by atoms with Crippen molar-refractivity contribution >= 4 is 17.7 Å². The van der Waals surface area contributed by atoms with Gasteiger partial charge in [-0.2, -0.15) is 0 Å². The average molecular weight is 518 g/mol. The van der Waals surface area contributed by atoms with E-state index < -0.39 is 23.9 Å². The number of carboxylic acid groups (broad SMARTS) is 1. The van der Waals surface area contributed by atoms with Crippen LogP contribution in [0, 0.1) is 52.8 Å². The number of carboxylic acids is 1. The minimum atomic E-state index is -0.828. The topological polar surface area (TPSA) is 125 Å². The van der Waals surface area contributed by atoms with E-state index in [0.29, 0.717) is 38.7 Å². The number of carbonyl (C=O) groups is 3. The summed E-state index contributed by atoms with van der Waals surface area (Å²) < 4.78 is 18.2. The van der Waals surface area contributed by atoms with Crippen molar-refractivity contribution in [1.82, 2.24) is 0 Å². The van der Waals surface area contributed by atoms with Gasteiger partial charge in [-0.3, -0.25) is 14.4 Å². The summed E-state index contributed by atoms with van der Waals surface area (Å²) in [5.74, 6) is -1.28. The maximum atomic E-state index is 13.8. The van der Waals surface area contributed by atoms with Gasteiger partial charge in [0.2, 0.25) is 0 Å². The van der Waals surface area contributed by atoms with Crippen LogP contribution in [0.3, 0.4) is 0 Å². The lowest BCUT2D eigenvalue weighted by molar-refractivity contribution is -0.224. The highest BCUT2D eigenvalue weighted by atomic mass is 16.6. The number of hydrogen-bond acceptors (Lipinski definition) is 7. The second kappa shape index (κ2) is 10.4. The number of esters is 1. The van der Waals surface area contributed by atoms with Gasteiger partial charge in [-0.05, 0) is 74.2 Å². The van der Waals surface area contributed by atoms with Crippen molar-refractivity contribution in [2.45, 2.75) is 71.5 Å². The van der Waals surface area contributed by atoms with Gasteiger partial charge >= 0.3 is 11.9 Å². The molecule has 3 N–H and O–H groups in total. The second-order valence-corrected chi connectivity index (χ2v) is 12.6. The van der Waals surface area contributed by atoms with Gasteiger partial charge in [-0.15, -0.1) is 0 Å². The fourth-order valence-electron chi connectivity index (χ4n) is 9.18. The second-order valence-electron chi connectivity index (χ2n) is 12.6. The molecule has 7 unspecified atom stereocenters. The Hall–Kier alpha value is -1.77. The molecule has 5 rings (SSSR count). The molecule has 0 spiro atoms. The summed E-state index contributed by atoms with van der Waals surface area (Å²) in [5.41, 5.74) is 6.47. The molecule has 206 valence electrons. The molecule has 4 aliphatic carbocycles. The van der Waals surface area contributed by atoms with E-state index >= 15 is 0 Å². The number of fused-ring (bicyclic) bond motifs is 3. The van der Waals surface area contributed by atoms with Gasteiger partial charge in [0.15, 0.2) is 5.78 Å². The zero-order valence-electron chi connectivity index (χ0n) is 22.4. The molecule has 0 aromatic rings. The highest BCUT2D eigenvalue weighted by molar-refractivity contribution is 5.97. The summed E-state index contributed by atoms with van der Waals surface area (Å²) in [6.07, 6.45) is 6.19. The molecule has 2 bridgehead atoms. The number of ketones is 1. The monoisotopic (exact) mass is 517 g/mol. The molecule has 8 heteroatoms. The van der Waals surface area contributed by atoms with Crippen LogP contribution in [0.1, 0.15) is 59.3 Å². The van der Waals surface area contributed by atoms with Gasteiger partial charge in [-0.25, -0.2) is 0 Å². The summed E-state index contributed by atoms with van der Waals surface area (Å²) in [5, 5.41) is 10.3. The molecule has 0 aromatic carbocycles. The molecule has 1 aliphatic heterocycles. The first kappa shape index (κ1) is 26.8. The van der Waals surface area contributed by atoms with Gasteiger partial charge in [0.1, 0.15) is 6.10 Å². The molecule has 37 heavy (non-hydrogen) atoms. The minimum absolute atomic E-state index is 0.0280. The van der Waals surface area contributed by atoms with Crippen LogP contribution in [-0.4, -0.2) is 61.4 Å². The molecular weight excluding hydrogens is 474 g/mol. The summed E-state index contributed by atoms with van der Waals surface area (Å²) in [6, 6.07) is 0. The number of aliphatic carboxylic acids is 1. The highest BCUT2D eigenvalue weighted by Crippen LogP contribution is 2.64. The first-order chi connectivity index (χ1) is 17.7. The van der Waals surface area contributed by atoms with Crippen LogP contribution in [0.15, 0.2) is 11.6 Å². The normalized spacial score (nSPS) is 42.8. The number of ether oxygens (including phenoxy) is 3. The molecule has 0 radical (unpaired) electrons. The van der Waals surface area contributed by atoms with Gasteiger partial charge in [-0.1, -0.05) is 19.4 Å². The lowest BCUT2D eigenvalue weighted by Crippen LogP contribution is -2.64. The Morgan fingerprint density at radius 2 is 2.00 bits per heavy atom. The molecule has 4 fully saturated rings. The van der Waals surface area contributed by atoms with Gasteiger partial charge in [0.25, 0.3) is 0 Å². The van der Waals surface area contributed by atoms with E-state index in [0.717, 1.165) is 37.7 Å². The number of carbonyl (C=O) groups excluding carboxylic acids is 2. The predicted octanol–water partition coefficient (Wildman–Crippen LogP) is 3.22. The van der Waals surface area contributed by atoms with Gasteiger partial charge < -0.3 is 25.1 Å². The maximum absolute atomic E-state index is 13.8. The highest BCUT2D eigenvalue weighted by Gasteiger charge is 2.64. The fourth-order valence-corrected chi connectivity index (χ4v) is 9.18. The predicted molar refractivity (Wildman–Crippen MR) is 135 cm³/mol. The van der Waals surface area contributed by atoms with E-state index in [4.69, 9.17) is 19.9 Å².